The Kier molecular flexibility index (Phi) is 3.87. The van der Waals surface area contributed by atoms with Crippen molar-refractivity contribution in [3.63, 3.8) is 0 Å². The van der Waals surface area contributed by atoms with Gasteiger partial charge in [0.05, 0.1) is 7.11 Å². The van der Waals surface area contributed by atoms with E-state index in [1.54, 1.807) is 31.4 Å². The number of nitrogens with one attached hydrogen (secondary N) is 1. The molecule has 0 aliphatic carbocycles. The smallest absolute Gasteiger partial charge is 0.350 e. The van der Waals surface area contributed by atoms with Crippen molar-refractivity contribution in [2.45, 2.75) is 19.2 Å². The molecule has 0 saturated carbocycles. The van der Waals surface area contributed by atoms with E-state index < -0.39 is 11.7 Å². The van der Waals surface area contributed by atoms with Gasteiger partial charge in [-0.1, -0.05) is 12.1 Å². The summed E-state index contributed by atoms with van der Waals surface area (Å²) in [5.41, 5.74) is -1.05. The van der Waals surface area contributed by atoms with E-state index in [2.05, 4.69) is 5.32 Å². The molecule has 0 aromatic heterocycles. The van der Waals surface area contributed by atoms with Gasteiger partial charge in [0, 0.05) is 6.54 Å². The fraction of sp³-hybridized carbons (Fsp3) is 0.364. The predicted octanol–water partition coefficient (Wildman–Crippen LogP) is 0.578. The highest BCUT2D eigenvalue weighted by Gasteiger charge is 2.28. The molecule has 0 bridgehead atoms. The molecule has 0 aliphatic heterocycles. The zero-order chi connectivity index (χ0) is 12.2. The summed E-state index contributed by atoms with van der Waals surface area (Å²) in [5, 5.41) is 20.6. The van der Waals surface area contributed by atoms with Crippen LogP contribution in [-0.4, -0.2) is 29.0 Å². The third kappa shape index (κ3) is 3.22. The fourth-order valence-corrected chi connectivity index (χ4v) is 1.09. The maximum absolute atomic E-state index is 10.6. The van der Waals surface area contributed by atoms with Crippen molar-refractivity contribution < 1.29 is 19.7 Å². The first-order valence-corrected chi connectivity index (χ1v) is 4.79. The van der Waals surface area contributed by atoms with Crippen molar-refractivity contribution in [2.24, 2.45) is 0 Å². The number of carbonyl (C=O) groups is 1. The molecule has 1 aromatic carbocycles. The van der Waals surface area contributed by atoms with Crippen LogP contribution in [0.1, 0.15) is 12.5 Å². The minimum absolute atomic E-state index is 0.267. The number of methoxy groups -OCH3 is 1. The van der Waals surface area contributed by atoms with Gasteiger partial charge in [-0.2, -0.15) is 0 Å². The molecule has 3 N–H and O–H groups in total. The molecule has 0 fully saturated rings. The summed E-state index contributed by atoms with van der Waals surface area (Å²) in [5.74, 6) is -0.574. The second kappa shape index (κ2) is 4.96. The molecule has 0 amide bonds. The van der Waals surface area contributed by atoms with Gasteiger partial charge in [-0.05, 0) is 24.6 Å². The lowest BCUT2D eigenvalue weighted by Gasteiger charge is -2.19. The Morgan fingerprint density at radius 1 is 1.44 bits per heavy atom. The molecule has 0 radical (unpaired) electrons. The monoisotopic (exact) mass is 225 g/mol. The first-order chi connectivity index (χ1) is 7.45. The van der Waals surface area contributed by atoms with Gasteiger partial charge >= 0.3 is 5.97 Å². The van der Waals surface area contributed by atoms with Crippen LogP contribution in [0.2, 0.25) is 0 Å². The summed E-state index contributed by atoms with van der Waals surface area (Å²) in [7, 11) is 1.57. The van der Waals surface area contributed by atoms with E-state index in [0.29, 0.717) is 0 Å². The molecule has 5 nitrogen and oxygen atoms in total. The van der Waals surface area contributed by atoms with E-state index >= 15 is 0 Å². The Hall–Kier alpha value is -1.59. The summed E-state index contributed by atoms with van der Waals surface area (Å²) in [6, 6.07) is 7.13. The standard InChI is InChI=1S/C11H15NO4/c1-11(15,10(13)14)12-7-8-3-5-9(16-2)6-4-8/h3-6,12,15H,7H2,1-2H3,(H,13,14). The van der Waals surface area contributed by atoms with Crippen LogP contribution in [0.15, 0.2) is 24.3 Å². The molecule has 1 aromatic rings. The Bertz CT molecular complexity index is 359. The van der Waals surface area contributed by atoms with Gasteiger partial charge in [0.2, 0.25) is 5.72 Å². The van der Waals surface area contributed by atoms with Crippen molar-refractivity contribution in [1.82, 2.24) is 5.32 Å². The molecule has 5 heteroatoms. The molecule has 1 unspecified atom stereocenters. The van der Waals surface area contributed by atoms with E-state index in [0.717, 1.165) is 11.3 Å². The number of benzene rings is 1. The molecule has 0 aliphatic rings. The van der Waals surface area contributed by atoms with E-state index in [4.69, 9.17) is 9.84 Å². The number of rotatable bonds is 5. The van der Waals surface area contributed by atoms with E-state index in [1.165, 1.54) is 6.92 Å². The fourth-order valence-electron chi connectivity index (χ4n) is 1.09. The third-order valence-electron chi connectivity index (χ3n) is 2.21. The largest absolute Gasteiger partial charge is 0.497 e. The van der Waals surface area contributed by atoms with Crippen LogP contribution in [0.3, 0.4) is 0 Å². The predicted molar refractivity (Wildman–Crippen MR) is 58.1 cm³/mol. The van der Waals surface area contributed by atoms with Crippen LogP contribution < -0.4 is 10.1 Å². The lowest BCUT2D eigenvalue weighted by atomic mass is 10.2. The van der Waals surface area contributed by atoms with Gasteiger partial charge < -0.3 is 14.9 Å². The number of aliphatic hydroxyl groups is 1. The van der Waals surface area contributed by atoms with Gasteiger partial charge in [-0.15, -0.1) is 0 Å². The van der Waals surface area contributed by atoms with Gasteiger partial charge in [0.1, 0.15) is 5.75 Å². The zero-order valence-corrected chi connectivity index (χ0v) is 9.23. The van der Waals surface area contributed by atoms with Gasteiger partial charge in [-0.3, -0.25) is 5.32 Å². The molecule has 0 spiro atoms. The Morgan fingerprint density at radius 3 is 2.44 bits per heavy atom. The van der Waals surface area contributed by atoms with Crippen LogP contribution in [0.4, 0.5) is 0 Å². The highest BCUT2D eigenvalue weighted by Crippen LogP contribution is 2.11. The highest BCUT2D eigenvalue weighted by atomic mass is 16.5. The molecule has 16 heavy (non-hydrogen) atoms. The highest BCUT2D eigenvalue weighted by molar-refractivity contribution is 5.75. The van der Waals surface area contributed by atoms with Gasteiger partial charge in [-0.25, -0.2) is 4.79 Å². The number of hydrogen-bond acceptors (Lipinski definition) is 4. The van der Waals surface area contributed by atoms with Gasteiger partial charge in [0.25, 0.3) is 0 Å². The SMILES string of the molecule is COc1ccc(CNC(C)(O)C(=O)O)cc1. The lowest BCUT2D eigenvalue weighted by Crippen LogP contribution is -2.48. The summed E-state index contributed by atoms with van der Waals surface area (Å²) >= 11 is 0. The van der Waals surface area contributed by atoms with Crippen LogP contribution in [0, 0.1) is 0 Å². The van der Waals surface area contributed by atoms with Crippen molar-refractivity contribution in [1.29, 1.82) is 0 Å². The minimum atomic E-state index is -1.92. The minimum Gasteiger partial charge on any atom is -0.497 e. The maximum atomic E-state index is 10.6. The summed E-state index contributed by atoms with van der Waals surface area (Å²) in [6.07, 6.45) is 0. The van der Waals surface area contributed by atoms with Crippen LogP contribution in [0.25, 0.3) is 0 Å². The summed E-state index contributed by atoms with van der Waals surface area (Å²) in [4.78, 5) is 10.6. The zero-order valence-electron chi connectivity index (χ0n) is 9.23. The normalized spacial score (nSPS) is 14.2. The second-order valence-corrected chi connectivity index (χ2v) is 3.58. The summed E-state index contributed by atoms with van der Waals surface area (Å²) in [6.45, 7) is 1.46. The van der Waals surface area contributed by atoms with Crippen LogP contribution >= 0.6 is 0 Å². The van der Waals surface area contributed by atoms with Gasteiger partial charge in [0.15, 0.2) is 0 Å². The van der Waals surface area contributed by atoms with Crippen molar-refractivity contribution in [2.75, 3.05) is 7.11 Å². The van der Waals surface area contributed by atoms with E-state index in [-0.39, 0.29) is 6.54 Å². The molecule has 0 heterocycles. The molecule has 1 atom stereocenters. The number of hydrogen-bond donors (Lipinski definition) is 3. The van der Waals surface area contributed by atoms with Crippen molar-refractivity contribution in [3.05, 3.63) is 29.8 Å². The summed E-state index contributed by atoms with van der Waals surface area (Å²) < 4.78 is 4.99. The average Bonchev–Trinajstić information content (AvgIpc) is 2.27. The first kappa shape index (κ1) is 12.5. The number of aliphatic carboxylic acids is 1. The average molecular weight is 225 g/mol. The molecule has 0 saturated heterocycles. The molecule has 1 rings (SSSR count). The molecular formula is C11H15NO4. The Morgan fingerprint density at radius 2 is 2.00 bits per heavy atom. The number of carboxylic acids is 1. The third-order valence-corrected chi connectivity index (χ3v) is 2.21. The van der Waals surface area contributed by atoms with Crippen molar-refractivity contribution >= 4 is 5.97 Å². The van der Waals surface area contributed by atoms with Crippen molar-refractivity contribution in [3.8, 4) is 5.75 Å². The number of carboxylic acid groups (broad SMARTS) is 1. The topological polar surface area (TPSA) is 78.8 Å². The Labute approximate surface area is 93.7 Å². The maximum Gasteiger partial charge on any atom is 0.350 e. The molecule has 88 valence electrons. The van der Waals surface area contributed by atoms with Crippen LogP contribution in [-0.2, 0) is 11.3 Å². The van der Waals surface area contributed by atoms with Crippen LogP contribution in [0.5, 0.6) is 5.75 Å². The number of ether oxygens (including phenoxy) is 1. The Balaban J connectivity index is 2.58. The quantitative estimate of drug-likeness (QED) is 0.639. The van der Waals surface area contributed by atoms with E-state index in [1.807, 2.05) is 0 Å². The van der Waals surface area contributed by atoms with E-state index in [9.17, 15) is 9.90 Å². The first-order valence-electron chi connectivity index (χ1n) is 4.79. The molecular weight excluding hydrogens is 210 g/mol. The second-order valence-electron chi connectivity index (χ2n) is 3.58. The lowest BCUT2D eigenvalue weighted by molar-refractivity contribution is -0.160.